The molecule has 49 heavy (non-hydrogen) atoms. The number of esters is 3. The Hall–Kier alpha value is -5.26. The van der Waals surface area contributed by atoms with Gasteiger partial charge in [-0.1, -0.05) is 79.0 Å². The number of halogens is 1. The van der Waals surface area contributed by atoms with E-state index in [4.69, 9.17) is 30.5 Å². The molecule has 0 bridgehead atoms. The maximum atomic E-state index is 13.6. The Bertz CT molecular complexity index is 1930. The summed E-state index contributed by atoms with van der Waals surface area (Å²) in [6, 6.07) is 27.4. The lowest BCUT2D eigenvalue weighted by Crippen LogP contribution is -2.41. The van der Waals surface area contributed by atoms with E-state index in [9.17, 15) is 14.4 Å². The molecule has 0 amide bonds. The Labute approximate surface area is 287 Å². The first-order chi connectivity index (χ1) is 23.9. The SMILES string of the molecule is O=C(OC[C@H]1O[C@@H](c2ncc3c(NC4CCCC4)cc(Cl)nn23)[C@H](OC(=O)c2ccccc2)[C@@H]1OC(=O)c1ccccc1)c1ccccc1. The smallest absolute Gasteiger partial charge is 0.338 e. The van der Waals surface area contributed by atoms with Gasteiger partial charge in [0.1, 0.15) is 18.2 Å². The summed E-state index contributed by atoms with van der Waals surface area (Å²) < 4.78 is 25.9. The monoisotopic (exact) mass is 680 g/mol. The van der Waals surface area contributed by atoms with Gasteiger partial charge in [0.05, 0.1) is 28.6 Å². The Morgan fingerprint density at radius 3 is 1.94 bits per heavy atom. The van der Waals surface area contributed by atoms with Crippen LogP contribution in [0.5, 0.6) is 0 Å². The third kappa shape index (κ3) is 7.13. The second-order valence-corrected chi connectivity index (χ2v) is 12.3. The highest BCUT2D eigenvalue weighted by molar-refractivity contribution is 6.29. The molecule has 12 heteroatoms. The first-order valence-electron chi connectivity index (χ1n) is 16.1. The van der Waals surface area contributed by atoms with E-state index in [-0.39, 0.29) is 34.8 Å². The van der Waals surface area contributed by atoms with Crippen LogP contribution in [0.25, 0.3) is 5.52 Å². The van der Waals surface area contributed by atoms with Crippen LogP contribution in [-0.4, -0.2) is 63.5 Å². The van der Waals surface area contributed by atoms with Crippen LogP contribution in [0.1, 0.15) is 68.7 Å². The number of fused-ring (bicyclic) bond motifs is 1. The minimum atomic E-state index is -1.22. The number of carbonyl (C=O) groups excluding carboxylic acids is 3. The van der Waals surface area contributed by atoms with Gasteiger partial charge in [0, 0.05) is 12.1 Å². The maximum absolute atomic E-state index is 13.6. The number of hydrogen-bond acceptors (Lipinski definition) is 10. The fourth-order valence-electron chi connectivity index (χ4n) is 6.25. The highest BCUT2D eigenvalue weighted by Gasteiger charge is 2.52. The quantitative estimate of drug-likeness (QED) is 0.129. The Morgan fingerprint density at radius 2 is 1.35 bits per heavy atom. The molecule has 5 aromatic rings. The van der Waals surface area contributed by atoms with Crippen molar-refractivity contribution in [2.75, 3.05) is 11.9 Å². The molecule has 4 atom stereocenters. The molecule has 1 saturated heterocycles. The number of imidazole rings is 1. The van der Waals surface area contributed by atoms with E-state index in [2.05, 4.69) is 15.4 Å². The number of aromatic nitrogens is 3. The van der Waals surface area contributed by atoms with Crippen molar-refractivity contribution in [2.24, 2.45) is 0 Å². The van der Waals surface area contributed by atoms with E-state index in [1.165, 1.54) is 0 Å². The molecular weight excluding hydrogens is 648 g/mol. The Morgan fingerprint density at radius 1 is 0.796 bits per heavy atom. The number of ether oxygens (including phenoxy) is 4. The van der Waals surface area contributed by atoms with E-state index < -0.39 is 42.3 Å². The van der Waals surface area contributed by atoms with Crippen LogP contribution >= 0.6 is 11.6 Å². The third-order valence-corrected chi connectivity index (χ3v) is 8.86. The zero-order valence-electron chi connectivity index (χ0n) is 26.3. The number of nitrogens with one attached hydrogen (secondary N) is 1. The van der Waals surface area contributed by atoms with Crippen LogP contribution in [-0.2, 0) is 18.9 Å². The van der Waals surface area contributed by atoms with Crippen molar-refractivity contribution in [1.82, 2.24) is 14.6 Å². The molecule has 2 fully saturated rings. The number of carbonyl (C=O) groups is 3. The van der Waals surface area contributed by atoms with E-state index in [1.807, 2.05) is 0 Å². The van der Waals surface area contributed by atoms with Crippen LogP contribution in [0.4, 0.5) is 5.69 Å². The van der Waals surface area contributed by atoms with Crippen LogP contribution in [0.15, 0.2) is 103 Å². The molecule has 250 valence electrons. The average Bonchev–Trinajstić information content (AvgIpc) is 3.88. The summed E-state index contributed by atoms with van der Waals surface area (Å²) in [7, 11) is 0. The first-order valence-corrected chi connectivity index (χ1v) is 16.5. The summed E-state index contributed by atoms with van der Waals surface area (Å²) >= 11 is 6.53. The van der Waals surface area contributed by atoms with Gasteiger partial charge in [0.25, 0.3) is 0 Å². The molecule has 2 aliphatic rings. The first kappa shape index (κ1) is 32.3. The van der Waals surface area contributed by atoms with Gasteiger partial charge < -0.3 is 24.3 Å². The second-order valence-electron chi connectivity index (χ2n) is 12.0. The largest absolute Gasteiger partial charge is 0.459 e. The summed E-state index contributed by atoms with van der Waals surface area (Å²) in [5.74, 6) is -1.68. The van der Waals surface area contributed by atoms with Crippen LogP contribution in [0.3, 0.4) is 0 Å². The molecule has 3 aromatic carbocycles. The van der Waals surface area contributed by atoms with Crippen molar-refractivity contribution < 1.29 is 33.3 Å². The summed E-state index contributed by atoms with van der Waals surface area (Å²) in [6.45, 7) is -0.317. The second kappa shape index (κ2) is 14.5. The van der Waals surface area contributed by atoms with Gasteiger partial charge in [0.15, 0.2) is 29.3 Å². The summed E-state index contributed by atoms with van der Waals surface area (Å²) in [6.07, 6.45) is 1.40. The predicted molar refractivity (Wildman–Crippen MR) is 180 cm³/mol. The fraction of sp³-hybridized carbons (Fsp3) is 0.270. The lowest BCUT2D eigenvalue weighted by atomic mass is 10.1. The fourth-order valence-corrected chi connectivity index (χ4v) is 6.44. The zero-order valence-corrected chi connectivity index (χ0v) is 27.1. The van der Waals surface area contributed by atoms with Crippen LogP contribution in [0.2, 0.25) is 5.15 Å². The molecule has 2 aromatic heterocycles. The summed E-state index contributed by atoms with van der Waals surface area (Å²) in [5, 5.41) is 8.30. The van der Waals surface area contributed by atoms with Crippen molar-refractivity contribution in [3.63, 3.8) is 0 Å². The molecule has 1 aliphatic carbocycles. The topological polar surface area (TPSA) is 130 Å². The van der Waals surface area contributed by atoms with E-state index in [0.29, 0.717) is 11.1 Å². The van der Waals surface area contributed by atoms with Crippen LogP contribution < -0.4 is 5.32 Å². The Kier molecular flexibility index (Phi) is 9.54. The van der Waals surface area contributed by atoms with E-state index >= 15 is 0 Å². The lowest BCUT2D eigenvalue weighted by Gasteiger charge is -2.24. The number of rotatable bonds is 10. The molecule has 1 N–H and O–H groups in total. The number of anilines is 1. The standard InChI is InChI=1S/C37H33ClN4O7/c38-30-20-27(40-26-18-10-11-19-26)28-21-39-34(42(28)41-30)33-32(49-37(45)25-16-8-3-9-17-25)31(48-36(44)24-14-6-2-7-15-24)29(47-33)22-46-35(43)23-12-4-1-5-13-23/h1-9,12-17,20-21,26,29,31-33,40H,10-11,18-19,22H2/t29-,31-,32-,33-/m1/s1. The zero-order chi connectivity index (χ0) is 33.7. The van der Waals surface area contributed by atoms with Gasteiger partial charge in [0.2, 0.25) is 0 Å². The van der Waals surface area contributed by atoms with E-state index in [1.54, 1.807) is 108 Å². The van der Waals surface area contributed by atoms with Gasteiger partial charge >= 0.3 is 17.9 Å². The van der Waals surface area contributed by atoms with E-state index in [0.717, 1.165) is 31.4 Å². The third-order valence-electron chi connectivity index (χ3n) is 8.67. The molecule has 1 aliphatic heterocycles. The van der Waals surface area contributed by atoms with Gasteiger partial charge in [-0.15, -0.1) is 0 Å². The molecule has 0 radical (unpaired) electrons. The maximum Gasteiger partial charge on any atom is 0.338 e. The molecular formula is C37H33ClN4O7. The summed E-state index contributed by atoms with van der Waals surface area (Å²) in [4.78, 5) is 44.7. The molecule has 0 spiro atoms. The normalized spacial score (nSPS) is 20.6. The average molecular weight is 681 g/mol. The van der Waals surface area contributed by atoms with Crippen LogP contribution in [0, 0.1) is 0 Å². The molecule has 7 rings (SSSR count). The van der Waals surface area contributed by atoms with Gasteiger partial charge in [-0.05, 0) is 49.2 Å². The van der Waals surface area contributed by atoms with Gasteiger partial charge in [-0.25, -0.2) is 23.9 Å². The highest BCUT2D eigenvalue weighted by Crippen LogP contribution is 2.39. The minimum Gasteiger partial charge on any atom is -0.459 e. The Balaban J connectivity index is 1.26. The van der Waals surface area contributed by atoms with Crippen molar-refractivity contribution in [2.45, 2.75) is 56.1 Å². The van der Waals surface area contributed by atoms with Crippen molar-refractivity contribution >= 4 is 40.7 Å². The van der Waals surface area contributed by atoms with Gasteiger partial charge in [-0.3, -0.25) is 0 Å². The van der Waals surface area contributed by atoms with Crippen molar-refractivity contribution in [1.29, 1.82) is 0 Å². The van der Waals surface area contributed by atoms with Gasteiger partial charge in [-0.2, -0.15) is 5.10 Å². The lowest BCUT2D eigenvalue weighted by molar-refractivity contribution is -0.0455. The number of nitrogens with zero attached hydrogens (tertiary/aromatic N) is 3. The summed E-state index contributed by atoms with van der Waals surface area (Å²) in [5.41, 5.74) is 2.29. The highest BCUT2D eigenvalue weighted by atomic mass is 35.5. The predicted octanol–water partition coefficient (Wildman–Crippen LogP) is 6.49. The molecule has 0 unspecified atom stereocenters. The minimum absolute atomic E-state index is 0.212. The van der Waals surface area contributed by atoms with Crippen molar-refractivity contribution in [3.05, 3.63) is 131 Å². The number of hydrogen-bond donors (Lipinski definition) is 1. The molecule has 11 nitrogen and oxygen atoms in total. The molecule has 3 heterocycles. The van der Waals surface area contributed by atoms with Crippen molar-refractivity contribution in [3.8, 4) is 0 Å². The number of benzene rings is 3. The molecule has 1 saturated carbocycles.